The number of hydrogen-bond acceptors (Lipinski definition) is 3. The molecule has 2 unspecified atom stereocenters. The molecule has 0 aliphatic rings. The van der Waals surface area contributed by atoms with Crippen LogP contribution in [0.3, 0.4) is 0 Å². The van der Waals surface area contributed by atoms with Crippen molar-refractivity contribution < 1.29 is 26.7 Å². The van der Waals surface area contributed by atoms with E-state index in [0.717, 1.165) is 0 Å². The van der Waals surface area contributed by atoms with Crippen molar-refractivity contribution in [3.8, 4) is 0 Å². The van der Waals surface area contributed by atoms with Crippen LogP contribution in [0.4, 0.5) is 13.2 Å². The summed E-state index contributed by atoms with van der Waals surface area (Å²) in [5, 5.41) is 8.80. The molecule has 104 valence electrons. The molecule has 0 amide bonds. The van der Waals surface area contributed by atoms with Gasteiger partial charge < -0.3 is 5.11 Å². The molecule has 0 saturated carbocycles. The van der Waals surface area contributed by atoms with Crippen LogP contribution in [0.25, 0.3) is 0 Å². The molecule has 0 fully saturated rings. The van der Waals surface area contributed by atoms with E-state index in [1.807, 2.05) is 0 Å². The van der Waals surface area contributed by atoms with E-state index in [1.165, 1.54) is 0 Å². The highest BCUT2D eigenvalue weighted by molar-refractivity contribution is 7.89. The van der Waals surface area contributed by atoms with E-state index in [9.17, 15) is 21.6 Å². The average Bonchev–Trinajstić information content (AvgIpc) is 2.13. The molecule has 0 bridgehead atoms. The lowest BCUT2D eigenvalue weighted by atomic mass is 10.1. The number of alkyl halides is 3. The zero-order valence-electron chi connectivity index (χ0n) is 9.79. The minimum Gasteiger partial charge on any atom is -0.396 e. The van der Waals surface area contributed by atoms with Crippen LogP contribution in [0.5, 0.6) is 0 Å². The van der Waals surface area contributed by atoms with Gasteiger partial charge in [-0.25, -0.2) is 13.1 Å². The second-order valence-corrected chi connectivity index (χ2v) is 5.98. The highest BCUT2D eigenvalue weighted by Gasteiger charge is 2.28. The first-order valence-electron chi connectivity index (χ1n) is 5.25. The SMILES string of the molecule is CC(CO)C(C)NS(=O)(=O)CCCC(F)(F)F. The Hall–Kier alpha value is -0.340. The van der Waals surface area contributed by atoms with Crippen LogP contribution in [-0.2, 0) is 10.0 Å². The predicted octanol–water partition coefficient (Wildman–Crippen LogP) is 1.27. The lowest BCUT2D eigenvalue weighted by Gasteiger charge is -2.19. The summed E-state index contributed by atoms with van der Waals surface area (Å²) in [5.41, 5.74) is 0. The van der Waals surface area contributed by atoms with Gasteiger partial charge in [-0.3, -0.25) is 0 Å². The molecule has 0 saturated heterocycles. The maximum atomic E-state index is 11.8. The smallest absolute Gasteiger partial charge is 0.389 e. The van der Waals surface area contributed by atoms with Crippen LogP contribution in [0.2, 0.25) is 0 Å². The first-order valence-corrected chi connectivity index (χ1v) is 6.90. The Balaban J connectivity index is 4.13. The summed E-state index contributed by atoms with van der Waals surface area (Å²) in [4.78, 5) is 0. The van der Waals surface area contributed by atoms with Crippen LogP contribution in [0.15, 0.2) is 0 Å². The number of sulfonamides is 1. The zero-order valence-corrected chi connectivity index (χ0v) is 10.6. The van der Waals surface area contributed by atoms with Gasteiger partial charge in [0.15, 0.2) is 0 Å². The van der Waals surface area contributed by atoms with E-state index < -0.39 is 40.8 Å². The van der Waals surface area contributed by atoms with Crippen molar-refractivity contribution in [2.45, 2.75) is 38.9 Å². The lowest BCUT2D eigenvalue weighted by molar-refractivity contribution is -0.134. The van der Waals surface area contributed by atoms with Crippen molar-refractivity contribution in [1.29, 1.82) is 0 Å². The molecule has 17 heavy (non-hydrogen) atoms. The molecule has 0 aromatic carbocycles. The van der Waals surface area contributed by atoms with E-state index in [0.29, 0.717) is 0 Å². The highest BCUT2D eigenvalue weighted by Crippen LogP contribution is 2.21. The van der Waals surface area contributed by atoms with E-state index in [1.54, 1.807) is 13.8 Å². The van der Waals surface area contributed by atoms with Crippen molar-refractivity contribution in [2.75, 3.05) is 12.4 Å². The van der Waals surface area contributed by atoms with Gasteiger partial charge in [-0.05, 0) is 19.3 Å². The Bertz CT molecular complexity index is 316. The third kappa shape index (κ3) is 8.39. The molecule has 2 N–H and O–H groups in total. The number of nitrogens with one attached hydrogen (secondary N) is 1. The Kier molecular flexibility index (Phi) is 6.42. The largest absolute Gasteiger partial charge is 0.396 e. The minimum absolute atomic E-state index is 0.188. The fourth-order valence-electron chi connectivity index (χ4n) is 1.08. The number of aliphatic hydroxyl groups is 1. The predicted molar refractivity (Wildman–Crippen MR) is 57.9 cm³/mol. The fraction of sp³-hybridized carbons (Fsp3) is 1.00. The van der Waals surface area contributed by atoms with Crippen LogP contribution < -0.4 is 4.72 Å². The summed E-state index contributed by atoms with van der Waals surface area (Å²) >= 11 is 0. The van der Waals surface area contributed by atoms with E-state index >= 15 is 0 Å². The van der Waals surface area contributed by atoms with Crippen molar-refractivity contribution in [3.63, 3.8) is 0 Å². The van der Waals surface area contributed by atoms with Crippen LogP contribution >= 0.6 is 0 Å². The van der Waals surface area contributed by atoms with Crippen molar-refractivity contribution >= 4 is 10.0 Å². The number of rotatable bonds is 7. The van der Waals surface area contributed by atoms with Crippen molar-refractivity contribution in [1.82, 2.24) is 4.72 Å². The number of aliphatic hydroxyl groups excluding tert-OH is 1. The first kappa shape index (κ1) is 16.7. The van der Waals surface area contributed by atoms with Gasteiger partial charge in [0.05, 0.1) is 5.75 Å². The molecule has 0 aliphatic carbocycles. The molecule has 0 aromatic rings. The first-order chi connectivity index (χ1) is 7.57. The third-order valence-corrected chi connectivity index (χ3v) is 3.94. The summed E-state index contributed by atoms with van der Waals surface area (Å²) in [7, 11) is -3.72. The van der Waals surface area contributed by atoms with E-state index in [-0.39, 0.29) is 12.5 Å². The monoisotopic (exact) mass is 277 g/mol. The molecule has 0 aliphatic heterocycles. The molecule has 0 spiro atoms. The van der Waals surface area contributed by atoms with Crippen LogP contribution in [0.1, 0.15) is 26.7 Å². The minimum atomic E-state index is -4.33. The fourth-order valence-corrected chi connectivity index (χ4v) is 2.52. The number of halogens is 3. The molecule has 0 heterocycles. The summed E-state index contributed by atoms with van der Waals surface area (Å²) in [5.74, 6) is -0.845. The van der Waals surface area contributed by atoms with E-state index in [2.05, 4.69) is 4.72 Å². The molecule has 4 nitrogen and oxygen atoms in total. The molecule has 0 rings (SSSR count). The summed E-state index contributed by atoms with van der Waals surface area (Å²) in [6.07, 6.45) is -5.91. The van der Waals surface area contributed by atoms with Gasteiger partial charge in [-0.2, -0.15) is 13.2 Å². The van der Waals surface area contributed by atoms with Gasteiger partial charge >= 0.3 is 6.18 Å². The highest BCUT2D eigenvalue weighted by atomic mass is 32.2. The second kappa shape index (κ2) is 6.55. The van der Waals surface area contributed by atoms with Gasteiger partial charge in [0.2, 0.25) is 10.0 Å². The van der Waals surface area contributed by atoms with Crippen molar-refractivity contribution in [3.05, 3.63) is 0 Å². The summed E-state index contributed by atoms with van der Waals surface area (Å²) in [6, 6.07) is -0.504. The van der Waals surface area contributed by atoms with Crippen molar-refractivity contribution in [2.24, 2.45) is 5.92 Å². The Morgan fingerprint density at radius 1 is 1.29 bits per heavy atom. The van der Waals surface area contributed by atoms with Gasteiger partial charge in [0.25, 0.3) is 0 Å². The topological polar surface area (TPSA) is 66.4 Å². The Labute approximate surface area is 99.3 Å². The number of hydrogen-bond donors (Lipinski definition) is 2. The Morgan fingerprint density at radius 3 is 2.24 bits per heavy atom. The van der Waals surface area contributed by atoms with Crippen LogP contribution in [-0.4, -0.2) is 38.1 Å². The van der Waals surface area contributed by atoms with Gasteiger partial charge in [-0.15, -0.1) is 0 Å². The van der Waals surface area contributed by atoms with E-state index in [4.69, 9.17) is 5.11 Å². The third-order valence-electron chi connectivity index (χ3n) is 2.38. The molecule has 0 aromatic heterocycles. The molecule has 2 atom stereocenters. The maximum Gasteiger partial charge on any atom is 0.389 e. The van der Waals surface area contributed by atoms with Gasteiger partial charge in [0.1, 0.15) is 0 Å². The summed E-state index contributed by atoms with van der Waals surface area (Å²) < 4.78 is 60.5. The molecular weight excluding hydrogens is 259 g/mol. The molecule has 0 radical (unpaired) electrons. The second-order valence-electron chi connectivity index (χ2n) is 4.10. The maximum absolute atomic E-state index is 11.8. The normalized spacial score (nSPS) is 16.8. The molecule has 8 heteroatoms. The van der Waals surface area contributed by atoms with Gasteiger partial charge in [-0.1, -0.05) is 6.92 Å². The molecular formula is C9H18F3NO3S. The average molecular weight is 277 g/mol. The zero-order chi connectivity index (χ0) is 13.7. The Morgan fingerprint density at radius 2 is 1.82 bits per heavy atom. The lowest BCUT2D eigenvalue weighted by Crippen LogP contribution is -2.39. The summed E-state index contributed by atoms with van der Waals surface area (Å²) in [6.45, 7) is 3.01. The van der Waals surface area contributed by atoms with Crippen LogP contribution in [0, 0.1) is 5.92 Å². The quantitative estimate of drug-likeness (QED) is 0.736. The standard InChI is InChI=1S/C9H18F3NO3S/c1-7(6-14)8(2)13-17(15,16)5-3-4-9(10,11)12/h7-8,13-14H,3-6H2,1-2H3. The van der Waals surface area contributed by atoms with Gasteiger partial charge in [0, 0.05) is 19.1 Å².